The molecule has 142 valence electrons. The molecule has 7 nitrogen and oxygen atoms in total. The summed E-state index contributed by atoms with van der Waals surface area (Å²) in [4.78, 5) is 9.35. The average molecular weight is 367 g/mol. The highest BCUT2D eigenvalue weighted by molar-refractivity contribution is 5.54. The highest BCUT2D eigenvalue weighted by Gasteiger charge is 2.21. The van der Waals surface area contributed by atoms with E-state index in [0.29, 0.717) is 18.3 Å². The van der Waals surface area contributed by atoms with E-state index < -0.39 is 0 Å². The van der Waals surface area contributed by atoms with E-state index in [-0.39, 0.29) is 0 Å². The Morgan fingerprint density at radius 2 is 1.52 bits per heavy atom. The predicted molar refractivity (Wildman–Crippen MR) is 101 cm³/mol. The first-order chi connectivity index (χ1) is 13.1. The first kappa shape index (κ1) is 17.9. The van der Waals surface area contributed by atoms with Gasteiger partial charge in [-0.2, -0.15) is 4.98 Å². The van der Waals surface area contributed by atoms with Crippen molar-refractivity contribution in [1.82, 2.24) is 25.1 Å². The molecule has 0 aliphatic carbocycles. The summed E-state index contributed by atoms with van der Waals surface area (Å²) < 4.78 is 10.7. The van der Waals surface area contributed by atoms with Crippen LogP contribution in [0, 0.1) is 20.8 Å². The van der Waals surface area contributed by atoms with Crippen LogP contribution in [0.5, 0.6) is 0 Å². The van der Waals surface area contributed by atoms with E-state index in [1.165, 1.54) is 11.1 Å². The fraction of sp³-hybridized carbons (Fsp3) is 0.450. The minimum Gasteiger partial charge on any atom is -0.361 e. The number of nitrogens with zero attached hydrogens (tertiary/aromatic N) is 5. The van der Waals surface area contributed by atoms with Gasteiger partial charge in [0.05, 0.1) is 12.2 Å². The van der Waals surface area contributed by atoms with Crippen LogP contribution in [0.2, 0.25) is 0 Å². The molecule has 0 unspecified atom stereocenters. The van der Waals surface area contributed by atoms with Crippen molar-refractivity contribution in [3.63, 3.8) is 0 Å². The summed E-state index contributed by atoms with van der Waals surface area (Å²) in [5.74, 6) is 2.25. The van der Waals surface area contributed by atoms with Gasteiger partial charge in [-0.25, -0.2) is 0 Å². The van der Waals surface area contributed by atoms with E-state index in [0.717, 1.165) is 49.7 Å². The van der Waals surface area contributed by atoms with Gasteiger partial charge in [0.2, 0.25) is 11.7 Å². The van der Waals surface area contributed by atoms with Crippen molar-refractivity contribution in [3.8, 4) is 11.4 Å². The Hall–Kier alpha value is -2.51. The molecule has 0 atom stereocenters. The molecule has 1 saturated heterocycles. The van der Waals surface area contributed by atoms with Gasteiger partial charge in [0.15, 0.2) is 0 Å². The smallest absolute Gasteiger partial charge is 0.241 e. The molecule has 7 heteroatoms. The second-order valence-electron chi connectivity index (χ2n) is 7.23. The van der Waals surface area contributed by atoms with Crippen LogP contribution in [0.3, 0.4) is 0 Å². The van der Waals surface area contributed by atoms with E-state index in [9.17, 15) is 0 Å². The van der Waals surface area contributed by atoms with Crippen molar-refractivity contribution in [2.24, 2.45) is 0 Å². The third-order valence-electron chi connectivity index (χ3n) is 5.16. The second-order valence-corrected chi connectivity index (χ2v) is 7.23. The molecule has 0 spiro atoms. The van der Waals surface area contributed by atoms with Crippen LogP contribution >= 0.6 is 0 Å². The standard InChI is InChI=1S/C20H25N5O2/c1-14-4-6-17(7-5-14)20-21-19(27-23-20)13-25-10-8-24(9-11-25)12-18-15(2)22-26-16(18)3/h4-7H,8-13H2,1-3H3. The molecular formula is C20H25N5O2. The quantitative estimate of drug-likeness (QED) is 0.686. The van der Waals surface area contributed by atoms with Crippen molar-refractivity contribution in [2.45, 2.75) is 33.9 Å². The number of aryl methyl sites for hydroxylation is 3. The van der Waals surface area contributed by atoms with E-state index in [4.69, 9.17) is 9.05 Å². The summed E-state index contributed by atoms with van der Waals surface area (Å²) in [5.41, 5.74) is 4.41. The number of rotatable bonds is 5. The summed E-state index contributed by atoms with van der Waals surface area (Å²) in [6.07, 6.45) is 0. The summed E-state index contributed by atoms with van der Waals surface area (Å²) >= 11 is 0. The van der Waals surface area contributed by atoms with Crippen LogP contribution in [-0.4, -0.2) is 51.3 Å². The Balaban J connectivity index is 1.31. The first-order valence-electron chi connectivity index (χ1n) is 9.34. The zero-order chi connectivity index (χ0) is 18.8. The minimum atomic E-state index is 0.655. The molecule has 0 amide bonds. The van der Waals surface area contributed by atoms with Crippen LogP contribution < -0.4 is 0 Å². The minimum absolute atomic E-state index is 0.655. The van der Waals surface area contributed by atoms with E-state index >= 15 is 0 Å². The summed E-state index contributed by atoms with van der Waals surface area (Å²) in [6, 6.07) is 8.17. The predicted octanol–water partition coefficient (Wildman–Crippen LogP) is 2.97. The molecular weight excluding hydrogens is 342 g/mol. The van der Waals surface area contributed by atoms with Gasteiger partial charge in [-0.1, -0.05) is 40.1 Å². The molecule has 0 saturated carbocycles. The maximum atomic E-state index is 5.46. The maximum absolute atomic E-state index is 5.46. The van der Waals surface area contributed by atoms with Crippen molar-refractivity contribution in [1.29, 1.82) is 0 Å². The molecule has 1 aliphatic heterocycles. The lowest BCUT2D eigenvalue weighted by Crippen LogP contribution is -2.45. The second kappa shape index (κ2) is 7.62. The zero-order valence-electron chi connectivity index (χ0n) is 16.1. The van der Waals surface area contributed by atoms with Gasteiger partial charge >= 0.3 is 0 Å². The van der Waals surface area contributed by atoms with Crippen LogP contribution in [0.1, 0.15) is 28.5 Å². The average Bonchev–Trinajstić information content (AvgIpc) is 3.26. The van der Waals surface area contributed by atoms with E-state index in [2.05, 4.69) is 44.2 Å². The Bertz CT molecular complexity index is 872. The van der Waals surface area contributed by atoms with Gasteiger partial charge in [0.1, 0.15) is 5.76 Å². The summed E-state index contributed by atoms with van der Waals surface area (Å²) in [5, 5.41) is 8.17. The van der Waals surface area contributed by atoms with Crippen LogP contribution in [0.4, 0.5) is 0 Å². The highest BCUT2D eigenvalue weighted by atomic mass is 16.5. The molecule has 1 fully saturated rings. The third kappa shape index (κ3) is 4.09. The first-order valence-corrected chi connectivity index (χ1v) is 9.34. The molecule has 2 aromatic heterocycles. The van der Waals surface area contributed by atoms with Crippen LogP contribution in [-0.2, 0) is 13.1 Å². The monoisotopic (exact) mass is 367 g/mol. The van der Waals surface area contributed by atoms with E-state index in [1.54, 1.807) is 0 Å². The molecule has 1 aromatic carbocycles. The number of benzene rings is 1. The molecule has 0 N–H and O–H groups in total. The van der Waals surface area contributed by atoms with Gasteiger partial charge in [-0.3, -0.25) is 9.80 Å². The molecule has 3 heterocycles. The Labute approximate surface area is 158 Å². The van der Waals surface area contributed by atoms with Crippen molar-refractivity contribution >= 4 is 0 Å². The molecule has 1 aliphatic rings. The number of aromatic nitrogens is 3. The van der Waals surface area contributed by atoms with Gasteiger partial charge < -0.3 is 9.05 Å². The van der Waals surface area contributed by atoms with Crippen molar-refractivity contribution < 1.29 is 9.05 Å². The van der Waals surface area contributed by atoms with Gasteiger partial charge in [0.25, 0.3) is 0 Å². The summed E-state index contributed by atoms with van der Waals surface area (Å²) in [7, 11) is 0. The Morgan fingerprint density at radius 3 is 2.15 bits per heavy atom. The molecule has 27 heavy (non-hydrogen) atoms. The normalized spacial score (nSPS) is 16.1. The van der Waals surface area contributed by atoms with Gasteiger partial charge in [-0.15, -0.1) is 0 Å². The SMILES string of the molecule is Cc1ccc(-c2noc(CN3CCN(Cc4c(C)noc4C)CC3)n2)cc1. The van der Waals surface area contributed by atoms with E-state index in [1.807, 2.05) is 26.0 Å². The lowest BCUT2D eigenvalue weighted by Gasteiger charge is -2.33. The number of hydrogen-bond donors (Lipinski definition) is 0. The highest BCUT2D eigenvalue weighted by Crippen LogP contribution is 2.19. The Kier molecular flexibility index (Phi) is 5.05. The molecule has 3 aromatic rings. The fourth-order valence-electron chi connectivity index (χ4n) is 3.39. The molecule has 0 bridgehead atoms. The Morgan fingerprint density at radius 1 is 0.852 bits per heavy atom. The molecule has 4 rings (SSSR count). The molecule has 0 radical (unpaired) electrons. The number of hydrogen-bond acceptors (Lipinski definition) is 7. The fourth-order valence-corrected chi connectivity index (χ4v) is 3.39. The lowest BCUT2D eigenvalue weighted by molar-refractivity contribution is 0.111. The largest absolute Gasteiger partial charge is 0.361 e. The van der Waals surface area contributed by atoms with Crippen LogP contribution in [0.15, 0.2) is 33.3 Å². The van der Waals surface area contributed by atoms with Gasteiger partial charge in [0, 0.05) is 43.9 Å². The maximum Gasteiger partial charge on any atom is 0.241 e. The summed E-state index contributed by atoms with van der Waals surface area (Å²) in [6.45, 7) is 11.6. The number of piperazine rings is 1. The van der Waals surface area contributed by atoms with Crippen molar-refractivity contribution in [3.05, 3.63) is 52.7 Å². The third-order valence-corrected chi connectivity index (χ3v) is 5.16. The zero-order valence-corrected chi connectivity index (χ0v) is 16.1. The lowest BCUT2D eigenvalue weighted by atomic mass is 10.1. The van der Waals surface area contributed by atoms with Gasteiger partial charge in [-0.05, 0) is 20.8 Å². The van der Waals surface area contributed by atoms with Crippen molar-refractivity contribution in [2.75, 3.05) is 26.2 Å². The van der Waals surface area contributed by atoms with Crippen LogP contribution in [0.25, 0.3) is 11.4 Å². The topological polar surface area (TPSA) is 71.4 Å².